The van der Waals surface area contributed by atoms with Crippen LogP contribution in [-0.2, 0) is 20.0 Å². The third-order valence-electron chi connectivity index (χ3n) is 4.25. The third kappa shape index (κ3) is 2.94. The monoisotopic (exact) mass is 402 g/mol. The van der Waals surface area contributed by atoms with E-state index in [0.717, 1.165) is 5.39 Å². The molecule has 0 spiro atoms. The number of hydrogen-bond acceptors (Lipinski definition) is 5. The highest BCUT2D eigenvalue weighted by molar-refractivity contribution is 7.95. The fourth-order valence-electron chi connectivity index (χ4n) is 3.03. The Morgan fingerprint density at radius 3 is 2.33 bits per heavy atom. The molecule has 4 rings (SSSR count). The molecule has 9 heteroatoms. The topological polar surface area (TPSA) is 101 Å². The second kappa shape index (κ2) is 6.07. The Balaban J connectivity index is 1.68. The third-order valence-corrected chi connectivity index (χ3v) is 7.33. The van der Waals surface area contributed by atoms with Crippen molar-refractivity contribution in [2.45, 2.75) is 4.90 Å². The normalized spacial score (nSPS) is 15.7. The van der Waals surface area contributed by atoms with Gasteiger partial charge < -0.3 is 0 Å². The molecule has 1 heterocycles. The van der Waals surface area contributed by atoms with Gasteiger partial charge in [0.15, 0.2) is 5.88 Å². The summed E-state index contributed by atoms with van der Waals surface area (Å²) in [4.78, 5) is 12.2. The minimum atomic E-state index is -4.20. The lowest BCUT2D eigenvalue weighted by Gasteiger charge is -2.17. The second-order valence-electron chi connectivity index (χ2n) is 6.03. The van der Waals surface area contributed by atoms with Crippen LogP contribution in [0.4, 0.5) is 5.69 Å². The first kappa shape index (κ1) is 17.5. The quantitative estimate of drug-likeness (QED) is 0.722. The summed E-state index contributed by atoms with van der Waals surface area (Å²) in [7, 11) is -8.35. The van der Waals surface area contributed by atoms with Crippen LogP contribution in [0.15, 0.2) is 71.6 Å². The maximum atomic E-state index is 12.6. The fourth-order valence-corrected chi connectivity index (χ4v) is 6.24. The van der Waals surface area contributed by atoms with E-state index in [1.54, 1.807) is 24.3 Å². The zero-order valence-electron chi connectivity index (χ0n) is 13.9. The van der Waals surface area contributed by atoms with Crippen molar-refractivity contribution in [3.63, 3.8) is 0 Å². The molecule has 0 saturated heterocycles. The first-order valence-corrected chi connectivity index (χ1v) is 11.0. The zero-order valence-corrected chi connectivity index (χ0v) is 15.5. The summed E-state index contributed by atoms with van der Waals surface area (Å²) in [5.74, 6) is -1.85. The zero-order chi connectivity index (χ0) is 19.2. The van der Waals surface area contributed by atoms with E-state index < -0.39 is 31.8 Å². The highest BCUT2D eigenvalue weighted by Crippen LogP contribution is 2.31. The summed E-state index contributed by atoms with van der Waals surface area (Å²) in [5, 5.41) is 1.50. The number of benzene rings is 3. The molecule has 0 aliphatic carbocycles. The van der Waals surface area contributed by atoms with E-state index in [4.69, 9.17) is 0 Å². The SMILES string of the molecule is O=C1c2ccccc2S(=O)(=O)N1CS(=O)(=O)Nc1cccc2ccccc12. The molecule has 138 valence electrons. The Kier molecular flexibility index (Phi) is 3.93. The van der Waals surface area contributed by atoms with Crippen LogP contribution in [0.5, 0.6) is 0 Å². The Bertz CT molecular complexity index is 1280. The van der Waals surface area contributed by atoms with Gasteiger partial charge in [-0.25, -0.2) is 21.1 Å². The van der Waals surface area contributed by atoms with E-state index in [1.807, 2.05) is 18.2 Å². The van der Waals surface area contributed by atoms with Gasteiger partial charge in [-0.05, 0) is 23.6 Å². The molecule has 0 aromatic heterocycles. The van der Waals surface area contributed by atoms with E-state index in [1.165, 1.54) is 24.3 Å². The maximum Gasteiger partial charge on any atom is 0.270 e. The summed E-state index contributed by atoms with van der Waals surface area (Å²) >= 11 is 0. The predicted molar refractivity (Wildman–Crippen MR) is 101 cm³/mol. The van der Waals surface area contributed by atoms with Crippen molar-refractivity contribution in [2.24, 2.45) is 0 Å². The van der Waals surface area contributed by atoms with Gasteiger partial charge in [-0.1, -0.05) is 48.5 Å². The molecule has 0 saturated carbocycles. The fraction of sp³-hybridized carbons (Fsp3) is 0.0556. The summed E-state index contributed by atoms with van der Waals surface area (Å²) in [6, 6.07) is 17.9. The average molecular weight is 402 g/mol. The van der Waals surface area contributed by atoms with E-state index in [0.29, 0.717) is 15.4 Å². The Morgan fingerprint density at radius 1 is 0.889 bits per heavy atom. The molecule has 1 aliphatic heterocycles. The molecule has 0 radical (unpaired) electrons. The van der Waals surface area contributed by atoms with Crippen LogP contribution in [-0.4, -0.2) is 32.9 Å². The number of fused-ring (bicyclic) bond motifs is 2. The van der Waals surface area contributed by atoms with Crippen molar-refractivity contribution in [1.82, 2.24) is 4.31 Å². The predicted octanol–water partition coefficient (Wildman–Crippen LogP) is 2.38. The van der Waals surface area contributed by atoms with E-state index in [-0.39, 0.29) is 10.5 Å². The second-order valence-corrected chi connectivity index (χ2v) is 9.55. The molecule has 3 aromatic rings. The summed E-state index contributed by atoms with van der Waals surface area (Å²) in [5.41, 5.74) is 0.285. The Morgan fingerprint density at radius 2 is 1.56 bits per heavy atom. The number of carbonyl (C=O) groups is 1. The minimum Gasteiger partial charge on any atom is -0.281 e. The number of carbonyl (C=O) groups excluding carboxylic acids is 1. The van der Waals surface area contributed by atoms with E-state index in [2.05, 4.69) is 4.72 Å². The van der Waals surface area contributed by atoms with Crippen LogP contribution in [0.1, 0.15) is 10.4 Å². The highest BCUT2D eigenvalue weighted by Gasteiger charge is 2.43. The van der Waals surface area contributed by atoms with Crippen molar-refractivity contribution in [3.05, 3.63) is 72.3 Å². The number of hydrogen-bond donors (Lipinski definition) is 1. The van der Waals surface area contributed by atoms with Crippen LogP contribution >= 0.6 is 0 Å². The lowest BCUT2D eigenvalue weighted by Crippen LogP contribution is -2.37. The molecule has 0 fully saturated rings. The number of nitrogens with zero attached hydrogens (tertiary/aromatic N) is 1. The first-order valence-electron chi connectivity index (χ1n) is 7.94. The van der Waals surface area contributed by atoms with Crippen molar-refractivity contribution < 1.29 is 21.6 Å². The molecular formula is C18H14N2O5S2. The van der Waals surface area contributed by atoms with Gasteiger partial charge in [-0.15, -0.1) is 0 Å². The smallest absolute Gasteiger partial charge is 0.270 e. The molecular weight excluding hydrogens is 388 g/mol. The highest BCUT2D eigenvalue weighted by atomic mass is 32.2. The average Bonchev–Trinajstić information content (AvgIpc) is 2.83. The summed E-state index contributed by atoms with van der Waals surface area (Å²) in [6.07, 6.45) is 0. The molecule has 7 nitrogen and oxygen atoms in total. The number of rotatable bonds is 4. The number of amides is 1. The molecule has 3 aromatic carbocycles. The van der Waals surface area contributed by atoms with Crippen LogP contribution in [0.25, 0.3) is 10.8 Å². The van der Waals surface area contributed by atoms with E-state index in [9.17, 15) is 21.6 Å². The van der Waals surface area contributed by atoms with Gasteiger partial charge in [-0.2, -0.15) is 0 Å². The largest absolute Gasteiger partial charge is 0.281 e. The van der Waals surface area contributed by atoms with Crippen LogP contribution in [0, 0.1) is 0 Å². The summed E-state index contributed by atoms with van der Waals surface area (Å²) < 4.78 is 53.1. The lowest BCUT2D eigenvalue weighted by atomic mass is 10.1. The molecule has 1 amide bonds. The van der Waals surface area contributed by atoms with E-state index >= 15 is 0 Å². The maximum absolute atomic E-state index is 12.6. The van der Waals surface area contributed by atoms with Crippen molar-refractivity contribution in [3.8, 4) is 0 Å². The van der Waals surface area contributed by atoms with Gasteiger partial charge in [0, 0.05) is 5.39 Å². The molecule has 27 heavy (non-hydrogen) atoms. The van der Waals surface area contributed by atoms with Crippen LogP contribution in [0.2, 0.25) is 0 Å². The van der Waals surface area contributed by atoms with Gasteiger partial charge in [0.1, 0.15) is 4.90 Å². The minimum absolute atomic E-state index is 0.0298. The Hall–Kier alpha value is -2.91. The van der Waals surface area contributed by atoms with Crippen molar-refractivity contribution in [1.29, 1.82) is 0 Å². The number of anilines is 1. The number of nitrogens with one attached hydrogen (secondary N) is 1. The summed E-state index contributed by atoms with van der Waals surface area (Å²) in [6.45, 7) is 0. The molecule has 0 atom stereocenters. The van der Waals surface area contributed by atoms with Gasteiger partial charge in [-0.3, -0.25) is 9.52 Å². The van der Waals surface area contributed by atoms with Gasteiger partial charge >= 0.3 is 0 Å². The van der Waals surface area contributed by atoms with Gasteiger partial charge in [0.2, 0.25) is 0 Å². The van der Waals surface area contributed by atoms with Crippen LogP contribution < -0.4 is 4.72 Å². The molecule has 0 bridgehead atoms. The molecule has 1 N–H and O–H groups in total. The lowest BCUT2D eigenvalue weighted by molar-refractivity contribution is 0.0885. The standard InChI is InChI=1S/C18H14N2O5S2/c21-18-15-9-3-4-11-17(15)27(24,25)20(18)12-26(22,23)19-16-10-5-7-13-6-1-2-8-14(13)16/h1-11,19H,12H2. The van der Waals surface area contributed by atoms with Crippen LogP contribution in [0.3, 0.4) is 0 Å². The van der Waals surface area contributed by atoms with Crippen molar-refractivity contribution >= 4 is 42.4 Å². The van der Waals surface area contributed by atoms with Gasteiger partial charge in [0.05, 0.1) is 11.3 Å². The first-order chi connectivity index (χ1) is 12.8. The molecule has 1 aliphatic rings. The Labute approximate surface area is 156 Å². The van der Waals surface area contributed by atoms with Gasteiger partial charge in [0.25, 0.3) is 26.0 Å². The van der Waals surface area contributed by atoms with Crippen molar-refractivity contribution in [2.75, 3.05) is 10.6 Å². The molecule has 0 unspecified atom stereocenters. The number of sulfonamides is 2.